The molecule has 0 saturated heterocycles. The summed E-state index contributed by atoms with van der Waals surface area (Å²) in [4.78, 5) is 11.6. The van der Waals surface area contributed by atoms with Crippen molar-refractivity contribution in [2.45, 2.75) is 59.0 Å². The Balaban J connectivity index is 2.22. The lowest BCUT2D eigenvalue weighted by atomic mass is 10.0. The molecule has 0 saturated carbocycles. The van der Waals surface area contributed by atoms with Gasteiger partial charge >= 0.3 is 0 Å². The van der Waals surface area contributed by atoms with E-state index in [4.69, 9.17) is 4.42 Å². The monoisotopic (exact) mass is 283 g/mol. The lowest BCUT2D eigenvalue weighted by molar-refractivity contribution is -0.121. The lowest BCUT2D eigenvalue weighted by Crippen LogP contribution is -2.28. The van der Waals surface area contributed by atoms with E-state index < -0.39 is 0 Å². The molecule has 6 nitrogen and oxygen atoms in total. The van der Waals surface area contributed by atoms with Crippen LogP contribution in [0.15, 0.2) is 4.42 Å². The third kappa shape index (κ3) is 5.69. The van der Waals surface area contributed by atoms with Crippen LogP contribution < -0.4 is 5.32 Å². The van der Waals surface area contributed by atoms with Gasteiger partial charge in [-0.3, -0.25) is 4.79 Å². The van der Waals surface area contributed by atoms with Crippen molar-refractivity contribution in [3.05, 3.63) is 11.8 Å². The number of aliphatic hydroxyl groups is 1. The molecule has 0 aliphatic carbocycles. The third-order valence-corrected chi connectivity index (χ3v) is 3.07. The number of rotatable bonds is 8. The van der Waals surface area contributed by atoms with Crippen molar-refractivity contribution in [3.8, 4) is 0 Å². The third-order valence-electron chi connectivity index (χ3n) is 3.07. The van der Waals surface area contributed by atoms with Gasteiger partial charge in [0.05, 0.1) is 6.10 Å². The molecule has 1 unspecified atom stereocenters. The number of carbonyl (C=O) groups is 1. The summed E-state index contributed by atoms with van der Waals surface area (Å²) in [5.41, 5.74) is 0. The van der Waals surface area contributed by atoms with Gasteiger partial charge in [-0.2, -0.15) is 0 Å². The Morgan fingerprint density at radius 3 is 2.55 bits per heavy atom. The van der Waals surface area contributed by atoms with Crippen molar-refractivity contribution in [3.63, 3.8) is 0 Å². The highest BCUT2D eigenvalue weighted by atomic mass is 16.4. The van der Waals surface area contributed by atoms with Gasteiger partial charge in [-0.15, -0.1) is 10.2 Å². The molecule has 0 aliphatic heterocycles. The molecule has 1 amide bonds. The Bertz CT molecular complexity index is 416. The summed E-state index contributed by atoms with van der Waals surface area (Å²) in [7, 11) is 0. The number of amides is 1. The van der Waals surface area contributed by atoms with Gasteiger partial charge in [0.15, 0.2) is 0 Å². The van der Waals surface area contributed by atoms with E-state index in [2.05, 4.69) is 15.5 Å². The molecule has 0 aromatic carbocycles. The minimum atomic E-state index is -0.375. The van der Waals surface area contributed by atoms with Gasteiger partial charge in [-0.05, 0) is 12.3 Å². The van der Waals surface area contributed by atoms with E-state index in [9.17, 15) is 9.90 Å². The molecule has 20 heavy (non-hydrogen) atoms. The Morgan fingerprint density at radius 2 is 2.00 bits per heavy atom. The average molecular weight is 283 g/mol. The van der Waals surface area contributed by atoms with Crippen LogP contribution in [0, 0.1) is 5.92 Å². The highest BCUT2D eigenvalue weighted by Gasteiger charge is 2.12. The summed E-state index contributed by atoms with van der Waals surface area (Å²) in [5.74, 6) is 1.43. The Kier molecular flexibility index (Phi) is 6.64. The van der Waals surface area contributed by atoms with Crippen molar-refractivity contribution in [1.82, 2.24) is 15.5 Å². The smallest absolute Gasteiger partial charge is 0.220 e. The van der Waals surface area contributed by atoms with Crippen LogP contribution >= 0.6 is 0 Å². The number of nitrogens with zero attached hydrogens (tertiary/aromatic N) is 2. The van der Waals surface area contributed by atoms with Crippen molar-refractivity contribution in [2.75, 3.05) is 6.54 Å². The first kappa shape index (κ1) is 16.6. The zero-order valence-corrected chi connectivity index (χ0v) is 12.7. The van der Waals surface area contributed by atoms with Crippen LogP contribution in [0.1, 0.15) is 58.2 Å². The lowest BCUT2D eigenvalue weighted by Gasteiger charge is -2.14. The van der Waals surface area contributed by atoms with E-state index in [1.54, 1.807) is 0 Å². The molecule has 0 bridgehead atoms. The van der Waals surface area contributed by atoms with E-state index in [-0.39, 0.29) is 23.8 Å². The van der Waals surface area contributed by atoms with Crippen LogP contribution in [-0.2, 0) is 11.2 Å². The molecule has 0 fully saturated rings. The van der Waals surface area contributed by atoms with Crippen LogP contribution in [-0.4, -0.2) is 33.9 Å². The van der Waals surface area contributed by atoms with Crippen LogP contribution in [0.25, 0.3) is 0 Å². The Labute approximate surface area is 120 Å². The van der Waals surface area contributed by atoms with Crippen LogP contribution in [0.2, 0.25) is 0 Å². The van der Waals surface area contributed by atoms with Crippen LogP contribution in [0.3, 0.4) is 0 Å². The number of hydrogen-bond acceptors (Lipinski definition) is 5. The topological polar surface area (TPSA) is 88.2 Å². The number of aliphatic hydroxyl groups excluding tert-OH is 1. The summed E-state index contributed by atoms with van der Waals surface area (Å²) in [6.45, 7) is 8.34. The van der Waals surface area contributed by atoms with Gasteiger partial charge in [0, 0.05) is 25.3 Å². The van der Waals surface area contributed by atoms with Crippen LogP contribution in [0.4, 0.5) is 0 Å². The van der Waals surface area contributed by atoms with Crippen LogP contribution in [0.5, 0.6) is 0 Å². The van der Waals surface area contributed by atoms with Crippen molar-refractivity contribution >= 4 is 5.91 Å². The fraction of sp³-hybridized carbons (Fsp3) is 0.786. The fourth-order valence-corrected chi connectivity index (χ4v) is 1.60. The molecule has 0 aliphatic rings. The fourth-order valence-electron chi connectivity index (χ4n) is 1.60. The average Bonchev–Trinajstić information content (AvgIpc) is 2.85. The van der Waals surface area contributed by atoms with Gasteiger partial charge < -0.3 is 14.8 Å². The molecular formula is C14H25N3O3. The first-order valence-electron chi connectivity index (χ1n) is 7.17. The predicted octanol–water partition coefficient (Wildman–Crippen LogP) is 1.65. The zero-order valence-electron chi connectivity index (χ0n) is 12.7. The van der Waals surface area contributed by atoms with Gasteiger partial charge in [-0.1, -0.05) is 27.7 Å². The van der Waals surface area contributed by atoms with E-state index in [0.29, 0.717) is 37.6 Å². The Hall–Kier alpha value is -1.43. The van der Waals surface area contributed by atoms with Gasteiger partial charge in [0.25, 0.3) is 0 Å². The molecule has 2 N–H and O–H groups in total. The second-order valence-corrected chi connectivity index (χ2v) is 5.64. The van der Waals surface area contributed by atoms with E-state index in [1.807, 2.05) is 27.7 Å². The minimum absolute atomic E-state index is 0.0646. The van der Waals surface area contributed by atoms with E-state index in [0.717, 1.165) is 0 Å². The molecule has 0 spiro atoms. The van der Waals surface area contributed by atoms with Crippen molar-refractivity contribution < 1.29 is 14.3 Å². The quantitative estimate of drug-likeness (QED) is 0.757. The first-order valence-corrected chi connectivity index (χ1v) is 7.17. The summed E-state index contributed by atoms with van der Waals surface area (Å²) >= 11 is 0. The molecule has 1 atom stereocenters. The van der Waals surface area contributed by atoms with E-state index >= 15 is 0 Å². The maximum Gasteiger partial charge on any atom is 0.220 e. The van der Waals surface area contributed by atoms with E-state index in [1.165, 1.54) is 0 Å². The largest absolute Gasteiger partial charge is 0.425 e. The molecule has 114 valence electrons. The number of carbonyl (C=O) groups excluding carboxylic acids is 1. The number of aromatic nitrogens is 2. The molecule has 1 aromatic rings. The summed E-state index contributed by atoms with van der Waals surface area (Å²) in [6.07, 6.45) is 0.955. The number of hydrogen-bond donors (Lipinski definition) is 2. The molecular weight excluding hydrogens is 258 g/mol. The molecule has 1 aromatic heterocycles. The summed E-state index contributed by atoms with van der Waals surface area (Å²) in [6, 6.07) is 0. The predicted molar refractivity (Wildman–Crippen MR) is 75.2 cm³/mol. The molecule has 1 rings (SSSR count). The standard InChI is InChI=1S/C14H25N3O3/c1-9(2)11(18)7-8-15-12(19)5-6-13-16-17-14(20-13)10(3)4/h9-11,18H,5-8H2,1-4H3,(H,15,19). The minimum Gasteiger partial charge on any atom is -0.425 e. The van der Waals surface area contributed by atoms with Gasteiger partial charge in [0.2, 0.25) is 17.7 Å². The Morgan fingerprint density at radius 1 is 1.30 bits per heavy atom. The maximum atomic E-state index is 11.6. The SMILES string of the molecule is CC(C)c1nnc(CCC(=O)NCCC(O)C(C)C)o1. The summed E-state index contributed by atoms with van der Waals surface area (Å²) in [5, 5.41) is 20.2. The highest BCUT2D eigenvalue weighted by Crippen LogP contribution is 2.12. The van der Waals surface area contributed by atoms with Crippen molar-refractivity contribution in [2.24, 2.45) is 5.92 Å². The summed E-state index contributed by atoms with van der Waals surface area (Å²) < 4.78 is 5.43. The molecule has 0 radical (unpaired) electrons. The normalized spacial score (nSPS) is 12.9. The zero-order chi connectivity index (χ0) is 15.1. The second kappa shape index (κ2) is 7.99. The maximum absolute atomic E-state index is 11.6. The molecule has 6 heteroatoms. The second-order valence-electron chi connectivity index (χ2n) is 5.64. The molecule has 1 heterocycles. The van der Waals surface area contributed by atoms with Gasteiger partial charge in [-0.25, -0.2) is 0 Å². The number of aryl methyl sites for hydroxylation is 1. The number of nitrogens with one attached hydrogen (secondary N) is 1. The highest BCUT2D eigenvalue weighted by molar-refractivity contribution is 5.75. The van der Waals surface area contributed by atoms with Crippen molar-refractivity contribution in [1.29, 1.82) is 0 Å². The van der Waals surface area contributed by atoms with Gasteiger partial charge in [0.1, 0.15) is 0 Å². The first-order chi connectivity index (χ1) is 9.40.